The van der Waals surface area contributed by atoms with Crippen LogP contribution in [-0.4, -0.2) is 0 Å². The van der Waals surface area contributed by atoms with E-state index in [1.807, 2.05) is 0 Å². The average Bonchev–Trinajstić information content (AvgIpc) is 4.02. The first-order valence-corrected chi connectivity index (χ1v) is 40.1. The molecular weight excluding hydrogens is 1030 g/mol. The Morgan fingerprint density at radius 1 is 0.372 bits per heavy atom. The summed E-state index contributed by atoms with van der Waals surface area (Å²) in [7, 11) is 0. The van der Waals surface area contributed by atoms with Crippen LogP contribution in [0.4, 0.5) is 0 Å². The van der Waals surface area contributed by atoms with Crippen molar-refractivity contribution in [1.82, 2.24) is 0 Å². The molecule has 0 spiro atoms. The topological polar surface area (TPSA) is 0 Å². The minimum absolute atomic E-state index is 0.550. The molecule has 5 saturated carbocycles. The zero-order chi connectivity index (χ0) is 68.5. The monoisotopic (exact) mass is 1220 g/mol. The molecule has 0 heterocycles. The van der Waals surface area contributed by atoms with E-state index >= 15 is 0 Å². The first-order chi connectivity index (χ1) is 40.1. The predicted molar refractivity (Wildman–Crippen MR) is 413 cm³/mol. The van der Waals surface area contributed by atoms with E-state index in [0.29, 0.717) is 5.41 Å². The minimum Gasteiger partial charge on any atom is -0.0654 e. The normalized spacial score (nSPS) is 19.6. The lowest BCUT2D eigenvalue weighted by Crippen LogP contribution is -2.20. The van der Waals surface area contributed by atoms with Gasteiger partial charge in [-0.25, -0.2) is 0 Å². The second-order valence-corrected chi connectivity index (χ2v) is 33.5. The van der Waals surface area contributed by atoms with E-state index in [1.165, 1.54) is 231 Å². The summed E-state index contributed by atoms with van der Waals surface area (Å²) in [6.07, 6.45) is 50.9. The highest BCUT2D eigenvalue weighted by molar-refractivity contribution is 4.77. The maximum atomic E-state index is 2.34. The second-order valence-electron chi connectivity index (χ2n) is 33.5. The van der Waals surface area contributed by atoms with E-state index in [-0.39, 0.29) is 0 Å². The van der Waals surface area contributed by atoms with Crippen LogP contribution in [-0.2, 0) is 0 Å². The Balaban J connectivity index is -0.000000128. The molecule has 532 valence electrons. The highest BCUT2D eigenvalue weighted by atomic mass is 14.3. The van der Waals surface area contributed by atoms with Crippen molar-refractivity contribution in [2.75, 3.05) is 0 Å². The fourth-order valence-electron chi connectivity index (χ4n) is 10.5. The van der Waals surface area contributed by atoms with Gasteiger partial charge in [-0.2, -0.15) is 0 Å². The molecule has 0 saturated heterocycles. The quantitative estimate of drug-likeness (QED) is 0.0948. The molecule has 0 bridgehead atoms. The first-order valence-electron chi connectivity index (χ1n) is 40.1. The molecule has 5 fully saturated rings. The van der Waals surface area contributed by atoms with Crippen molar-refractivity contribution in [1.29, 1.82) is 0 Å². The van der Waals surface area contributed by atoms with E-state index in [4.69, 9.17) is 0 Å². The van der Waals surface area contributed by atoms with Gasteiger partial charge in [0.1, 0.15) is 0 Å². The lowest BCUT2D eigenvalue weighted by molar-refractivity contribution is 0.190. The van der Waals surface area contributed by atoms with Crippen LogP contribution in [0, 0.1) is 93.7 Å². The third kappa shape index (κ3) is 100. The third-order valence-corrected chi connectivity index (χ3v) is 19.0. The molecular formula is C86H188. The van der Waals surface area contributed by atoms with Gasteiger partial charge in [-0.1, -0.05) is 428 Å². The molecule has 5 rings (SSSR count). The number of rotatable bonds is 22. The highest BCUT2D eigenvalue weighted by Crippen LogP contribution is 2.39. The molecule has 0 aromatic heterocycles. The maximum Gasteiger partial charge on any atom is -0.0354 e. The smallest absolute Gasteiger partial charge is 0.0354 e. The summed E-state index contributed by atoms with van der Waals surface area (Å²) in [6.45, 7) is 77.4. The van der Waals surface area contributed by atoms with Crippen molar-refractivity contribution in [3.05, 3.63) is 0 Å². The lowest BCUT2D eigenvalue weighted by atomic mass is 9.72. The van der Waals surface area contributed by atoms with Gasteiger partial charge in [0.05, 0.1) is 0 Å². The molecule has 0 aliphatic heterocycles. The molecule has 2 unspecified atom stereocenters. The van der Waals surface area contributed by atoms with Crippen LogP contribution in [0.25, 0.3) is 0 Å². The molecule has 0 N–H and O–H groups in total. The van der Waals surface area contributed by atoms with Gasteiger partial charge in [-0.3, -0.25) is 0 Å². The van der Waals surface area contributed by atoms with E-state index in [1.54, 1.807) is 0 Å². The molecule has 5 aliphatic carbocycles. The molecule has 5 aliphatic rings. The largest absolute Gasteiger partial charge is 0.0654 e. The summed E-state index contributed by atoms with van der Waals surface area (Å²) in [6, 6.07) is 0. The molecule has 0 nitrogen and oxygen atoms in total. The number of hydrogen-bond donors (Lipinski definition) is 0. The standard InChI is InChI=1S/8C7H16.5C6H12/c1-6(2)5-7(3)4;1-5-6-7(2,3)4;1-5-7(4)6(2)3;2*1-4-5-6-7(2)3;2*1-4-6-7(3)5-2;1-3-5-7-6-4-2;1-5-3-6(2)4-5;1-6(2)4-3-5-6;1-5-3-4-6(5)2;1-6-4-2-3-5-6;1-2-6-4-3-5-6/h6-7H,5H2,1-4H3;5-6H2,1-4H3;6-7H,5H2,1-4H3;4*7H,4-6H2,1-3H3;3-7H2,1-2H3;5-6H,3-4H2,1-2H3;3-5H2,1-2H3;5-6H,3-4H2,1-2H3;2*6H,2-5H2,1H3/t;;7-;;;7-;;;;;5-,6?;;/m..0..1....1../s1. The van der Waals surface area contributed by atoms with Gasteiger partial charge in [-0.05, 0) is 132 Å². The van der Waals surface area contributed by atoms with Gasteiger partial charge >= 0.3 is 0 Å². The SMILES string of the molecule is CC(C)CC(C)C.CC1(C)CCC1.CC1CC(C)C1.CC1CCCC1.CC1CC[C@H]1C.CCC1CCC1.CCCC(C)(C)C.CCCC(C)CC.CCCCC(C)C.CCCCC(C)C.CCCCCCC.CCC[C@H](C)CC.CC[C@H](C)C(C)C. The Morgan fingerprint density at radius 2 is 0.733 bits per heavy atom. The first kappa shape index (κ1) is 102. The molecule has 0 aromatic carbocycles. The summed E-state index contributed by atoms with van der Waals surface area (Å²) in [5.41, 5.74) is 1.27. The van der Waals surface area contributed by atoms with Gasteiger partial charge < -0.3 is 0 Å². The van der Waals surface area contributed by atoms with Gasteiger partial charge in [0, 0.05) is 0 Å². The Kier molecular flexibility index (Phi) is 87.9. The van der Waals surface area contributed by atoms with Gasteiger partial charge in [0.25, 0.3) is 0 Å². The summed E-state index contributed by atoms with van der Waals surface area (Å²) >= 11 is 0. The summed E-state index contributed by atoms with van der Waals surface area (Å²) < 4.78 is 0. The van der Waals surface area contributed by atoms with Crippen LogP contribution >= 0.6 is 0 Å². The van der Waals surface area contributed by atoms with E-state index in [9.17, 15) is 0 Å². The van der Waals surface area contributed by atoms with E-state index in [0.717, 1.165) is 88.3 Å². The lowest BCUT2D eigenvalue weighted by Gasteiger charge is -2.33. The molecule has 5 atom stereocenters. The Labute approximate surface area is 557 Å². The number of hydrogen-bond acceptors (Lipinski definition) is 0. The molecule has 0 amide bonds. The Hall–Kier alpha value is 0. The zero-order valence-electron chi connectivity index (χ0n) is 68.5. The van der Waals surface area contributed by atoms with Crippen LogP contribution in [0.15, 0.2) is 0 Å². The molecule has 0 heteroatoms. The summed E-state index contributed by atoms with van der Waals surface area (Å²) in [5.74, 6) is 13.5. The van der Waals surface area contributed by atoms with Crippen molar-refractivity contribution in [3.63, 3.8) is 0 Å². The highest BCUT2D eigenvalue weighted by Gasteiger charge is 2.25. The van der Waals surface area contributed by atoms with Crippen LogP contribution < -0.4 is 0 Å². The minimum atomic E-state index is 0.550. The molecule has 86 heavy (non-hydrogen) atoms. The fraction of sp³-hybridized carbons (Fsp3) is 1.00. The van der Waals surface area contributed by atoms with Crippen LogP contribution in [0.2, 0.25) is 0 Å². The van der Waals surface area contributed by atoms with Crippen molar-refractivity contribution < 1.29 is 0 Å². The van der Waals surface area contributed by atoms with Gasteiger partial charge in [-0.15, -0.1) is 0 Å². The third-order valence-electron chi connectivity index (χ3n) is 19.0. The van der Waals surface area contributed by atoms with Gasteiger partial charge in [0.15, 0.2) is 0 Å². The summed E-state index contributed by atoms with van der Waals surface area (Å²) in [5, 5.41) is 0. The van der Waals surface area contributed by atoms with Crippen LogP contribution in [0.3, 0.4) is 0 Å². The Bertz CT molecular complexity index is 1070. The average molecular weight is 1220 g/mol. The van der Waals surface area contributed by atoms with Crippen molar-refractivity contribution in [3.8, 4) is 0 Å². The van der Waals surface area contributed by atoms with E-state index in [2.05, 4.69) is 235 Å². The second kappa shape index (κ2) is 74.0. The van der Waals surface area contributed by atoms with Crippen molar-refractivity contribution >= 4 is 0 Å². The van der Waals surface area contributed by atoms with Crippen molar-refractivity contribution in [2.24, 2.45) is 93.7 Å². The molecule has 0 radical (unpaired) electrons. The Morgan fingerprint density at radius 3 is 0.791 bits per heavy atom. The van der Waals surface area contributed by atoms with Crippen LogP contribution in [0.1, 0.15) is 467 Å². The summed E-state index contributed by atoms with van der Waals surface area (Å²) in [4.78, 5) is 0. The predicted octanol–water partition coefficient (Wildman–Crippen LogP) is 33.2. The number of unbranched alkanes of at least 4 members (excludes halogenated alkanes) is 6. The van der Waals surface area contributed by atoms with Gasteiger partial charge in [0.2, 0.25) is 0 Å². The zero-order valence-corrected chi connectivity index (χ0v) is 68.5. The van der Waals surface area contributed by atoms with E-state index < -0.39 is 0 Å². The van der Waals surface area contributed by atoms with Crippen molar-refractivity contribution in [2.45, 2.75) is 467 Å². The fourth-order valence-corrected chi connectivity index (χ4v) is 10.5. The van der Waals surface area contributed by atoms with Crippen LogP contribution in [0.5, 0.6) is 0 Å². The maximum absolute atomic E-state index is 2.34. The molecule has 0 aromatic rings.